The zero-order valence-electron chi connectivity index (χ0n) is 8.21. The molecule has 0 aliphatic rings. The molecular weight excluding hydrogens is 202 g/mol. The van der Waals surface area contributed by atoms with E-state index < -0.39 is 11.2 Å². The molecule has 0 amide bonds. The summed E-state index contributed by atoms with van der Waals surface area (Å²) < 4.78 is 13.5. The fourth-order valence-corrected chi connectivity index (χ4v) is 1.43. The van der Waals surface area contributed by atoms with Crippen molar-refractivity contribution >= 4 is 17.4 Å². The van der Waals surface area contributed by atoms with Gasteiger partial charge in [-0.1, -0.05) is 17.3 Å². The Hall–Kier alpha value is -1.01. The van der Waals surface area contributed by atoms with Gasteiger partial charge in [0.1, 0.15) is 12.1 Å². The lowest BCUT2D eigenvalue weighted by Crippen LogP contribution is -2.24. The first kappa shape index (κ1) is 11.1. The summed E-state index contributed by atoms with van der Waals surface area (Å²) >= 11 is -0.884. The lowest BCUT2D eigenvalue weighted by atomic mass is 10.7. The topological polar surface area (TPSA) is 62.9 Å². The van der Waals surface area contributed by atoms with Crippen molar-refractivity contribution in [3.8, 4) is 0 Å². The molecule has 0 fully saturated rings. The third-order valence-corrected chi connectivity index (χ3v) is 2.42. The van der Waals surface area contributed by atoms with E-state index in [0.29, 0.717) is 12.3 Å². The third-order valence-electron chi connectivity index (χ3n) is 1.67. The third kappa shape index (κ3) is 2.74. The number of rotatable bonds is 4. The highest BCUT2D eigenvalue weighted by molar-refractivity contribution is 7.90. The number of aromatic nitrogens is 3. The first-order valence-corrected chi connectivity index (χ1v) is 5.94. The van der Waals surface area contributed by atoms with E-state index in [1.165, 1.54) is 15.6 Å². The van der Waals surface area contributed by atoms with Crippen LogP contribution in [0.5, 0.6) is 0 Å². The molecule has 1 atom stereocenters. The molecule has 14 heavy (non-hydrogen) atoms. The van der Waals surface area contributed by atoms with Crippen LogP contribution in [0.3, 0.4) is 0 Å². The van der Waals surface area contributed by atoms with Crippen LogP contribution in [0.4, 0.5) is 0 Å². The summed E-state index contributed by atoms with van der Waals surface area (Å²) in [7, 11) is 0. The van der Waals surface area contributed by atoms with E-state index in [1.54, 1.807) is 18.5 Å². The zero-order chi connectivity index (χ0) is 10.6. The highest BCUT2D eigenvalue weighted by Gasteiger charge is 2.04. The van der Waals surface area contributed by atoms with E-state index in [4.69, 9.17) is 0 Å². The molecule has 0 bridgehead atoms. The summed E-state index contributed by atoms with van der Waals surface area (Å²) in [6.07, 6.45) is 6.38. The van der Waals surface area contributed by atoms with Crippen LogP contribution in [0.1, 0.15) is 6.92 Å². The van der Waals surface area contributed by atoms with E-state index in [1.807, 2.05) is 6.92 Å². The fourth-order valence-electron chi connectivity index (χ4n) is 0.972. The second-order valence-electron chi connectivity index (χ2n) is 2.81. The van der Waals surface area contributed by atoms with Crippen LogP contribution in [0.15, 0.2) is 17.2 Å². The van der Waals surface area contributed by atoms with Gasteiger partial charge in [0.05, 0.1) is 12.8 Å². The van der Waals surface area contributed by atoms with Crippen molar-refractivity contribution in [2.45, 2.75) is 13.5 Å². The SMILES string of the molecule is C/C=C\n1ncn(CC[S+](C)[O-])c1=O. The van der Waals surface area contributed by atoms with Gasteiger partial charge in [0, 0.05) is 6.20 Å². The van der Waals surface area contributed by atoms with Crippen molar-refractivity contribution in [2.24, 2.45) is 0 Å². The normalized spacial score (nSPS) is 13.6. The predicted octanol–water partition coefficient (Wildman–Crippen LogP) is -0.0861. The van der Waals surface area contributed by atoms with Crippen LogP contribution >= 0.6 is 0 Å². The minimum Gasteiger partial charge on any atom is -0.617 e. The number of nitrogens with zero attached hydrogens (tertiary/aromatic N) is 3. The van der Waals surface area contributed by atoms with E-state index in [-0.39, 0.29) is 5.69 Å². The van der Waals surface area contributed by atoms with Crippen LogP contribution in [0, 0.1) is 0 Å². The molecule has 0 saturated carbocycles. The molecule has 6 heteroatoms. The lowest BCUT2D eigenvalue weighted by molar-refractivity contribution is 0.591. The van der Waals surface area contributed by atoms with Crippen LogP contribution in [0.2, 0.25) is 0 Å². The average molecular weight is 215 g/mol. The number of allylic oxidation sites excluding steroid dienone is 1. The molecule has 1 aromatic rings. The molecule has 1 heterocycles. The minimum absolute atomic E-state index is 0.200. The molecule has 1 rings (SSSR count). The molecule has 0 spiro atoms. The molecule has 5 nitrogen and oxygen atoms in total. The largest absolute Gasteiger partial charge is 0.617 e. The quantitative estimate of drug-likeness (QED) is 0.660. The van der Waals surface area contributed by atoms with Crippen molar-refractivity contribution in [1.82, 2.24) is 14.3 Å². The lowest BCUT2D eigenvalue weighted by Gasteiger charge is -2.03. The molecular formula is C8H13N3O2S. The maximum atomic E-state index is 11.5. The van der Waals surface area contributed by atoms with Gasteiger partial charge >= 0.3 is 5.69 Å². The Morgan fingerprint density at radius 1 is 1.71 bits per heavy atom. The molecule has 0 saturated heterocycles. The number of aryl methyl sites for hydroxylation is 1. The van der Waals surface area contributed by atoms with Crippen molar-refractivity contribution in [3.63, 3.8) is 0 Å². The highest BCUT2D eigenvalue weighted by Crippen LogP contribution is 1.87. The van der Waals surface area contributed by atoms with Gasteiger partial charge < -0.3 is 4.55 Å². The predicted molar refractivity (Wildman–Crippen MR) is 56.4 cm³/mol. The van der Waals surface area contributed by atoms with Gasteiger partial charge in [-0.05, 0) is 6.92 Å². The number of hydrogen-bond donors (Lipinski definition) is 0. The zero-order valence-corrected chi connectivity index (χ0v) is 9.03. The van der Waals surface area contributed by atoms with Gasteiger partial charge in [0.25, 0.3) is 0 Å². The summed E-state index contributed by atoms with van der Waals surface area (Å²) in [5, 5.41) is 3.86. The first-order valence-electron chi connectivity index (χ1n) is 4.22. The van der Waals surface area contributed by atoms with Gasteiger partial charge in [-0.2, -0.15) is 9.78 Å². The van der Waals surface area contributed by atoms with Crippen molar-refractivity contribution in [3.05, 3.63) is 22.9 Å². The van der Waals surface area contributed by atoms with E-state index >= 15 is 0 Å². The van der Waals surface area contributed by atoms with Crippen molar-refractivity contribution in [1.29, 1.82) is 0 Å². The minimum atomic E-state index is -0.884. The van der Waals surface area contributed by atoms with Gasteiger partial charge in [-0.15, -0.1) is 0 Å². The van der Waals surface area contributed by atoms with Gasteiger partial charge in [-0.25, -0.2) is 4.79 Å². The van der Waals surface area contributed by atoms with Crippen LogP contribution in [-0.4, -0.2) is 30.9 Å². The Bertz CT molecular complexity index is 367. The summed E-state index contributed by atoms with van der Waals surface area (Å²) in [5.74, 6) is 0.474. The molecule has 0 aliphatic carbocycles. The van der Waals surface area contributed by atoms with E-state index in [2.05, 4.69) is 5.10 Å². The Morgan fingerprint density at radius 3 is 3.00 bits per heavy atom. The maximum Gasteiger partial charge on any atom is 0.350 e. The summed E-state index contributed by atoms with van der Waals surface area (Å²) in [5.41, 5.74) is -0.200. The van der Waals surface area contributed by atoms with Gasteiger partial charge in [0.2, 0.25) is 0 Å². The summed E-state index contributed by atoms with van der Waals surface area (Å²) in [4.78, 5) is 11.5. The Labute approximate surface area is 85.2 Å². The van der Waals surface area contributed by atoms with E-state index in [9.17, 15) is 9.35 Å². The maximum absolute atomic E-state index is 11.5. The first-order chi connectivity index (χ1) is 6.65. The number of hydrogen-bond acceptors (Lipinski definition) is 3. The monoisotopic (exact) mass is 215 g/mol. The Balaban J connectivity index is 2.75. The molecule has 0 aliphatic heterocycles. The molecule has 0 N–H and O–H groups in total. The average Bonchev–Trinajstić information content (AvgIpc) is 2.46. The molecule has 1 unspecified atom stereocenters. The Kier molecular flexibility index (Phi) is 3.97. The van der Waals surface area contributed by atoms with Crippen molar-refractivity contribution < 1.29 is 4.55 Å². The highest BCUT2D eigenvalue weighted by atomic mass is 32.2. The molecule has 1 aromatic heterocycles. The molecule has 0 aromatic carbocycles. The second kappa shape index (κ2) is 5.02. The van der Waals surface area contributed by atoms with Gasteiger partial charge in [-0.3, -0.25) is 4.57 Å². The molecule has 0 radical (unpaired) electrons. The summed E-state index contributed by atoms with van der Waals surface area (Å²) in [6, 6.07) is 0. The smallest absolute Gasteiger partial charge is 0.350 e. The van der Waals surface area contributed by atoms with Crippen LogP contribution in [0.25, 0.3) is 6.20 Å². The fraction of sp³-hybridized carbons (Fsp3) is 0.500. The second-order valence-corrected chi connectivity index (χ2v) is 4.37. The van der Waals surface area contributed by atoms with Crippen molar-refractivity contribution in [2.75, 3.05) is 12.0 Å². The standard InChI is InChI=1S/C8H13N3O2S/c1-3-4-11-8(12)10(7-9-11)5-6-14(2)13/h3-4,7H,5-6H2,1-2H3/b4-3-. The van der Waals surface area contributed by atoms with Crippen LogP contribution < -0.4 is 5.69 Å². The summed E-state index contributed by atoms with van der Waals surface area (Å²) in [6.45, 7) is 2.26. The Morgan fingerprint density at radius 2 is 2.43 bits per heavy atom. The van der Waals surface area contributed by atoms with Crippen LogP contribution in [-0.2, 0) is 17.7 Å². The molecule has 78 valence electrons. The van der Waals surface area contributed by atoms with E-state index in [0.717, 1.165) is 0 Å². The van der Waals surface area contributed by atoms with Gasteiger partial charge in [0.15, 0.2) is 0 Å².